The third-order valence-electron chi connectivity index (χ3n) is 4.17. The second kappa shape index (κ2) is 6.54. The Kier molecular flexibility index (Phi) is 4.07. The maximum absolute atomic E-state index is 11.1. The number of rotatable bonds is 4. The molecule has 0 atom stereocenters. The number of carbonyl (C=O) groups is 1. The number of hydrogen-bond acceptors (Lipinski definition) is 4. The van der Waals surface area contributed by atoms with Crippen molar-refractivity contribution in [2.75, 3.05) is 5.75 Å². The average Bonchev–Trinajstić information content (AvgIpc) is 3.03. The van der Waals surface area contributed by atoms with E-state index in [0.29, 0.717) is 5.56 Å². The topological polar surface area (TPSA) is 78.9 Å². The number of carboxylic acids is 1. The molecule has 0 radical (unpaired) electrons. The molecule has 4 rings (SSSR count). The normalized spacial score (nSPS) is 10.9. The average molecular weight is 359 g/mol. The van der Waals surface area contributed by atoms with Crippen molar-refractivity contribution in [3.8, 4) is 11.8 Å². The van der Waals surface area contributed by atoms with E-state index >= 15 is 0 Å². The summed E-state index contributed by atoms with van der Waals surface area (Å²) in [4.78, 5) is 15.2. The van der Waals surface area contributed by atoms with Gasteiger partial charge in [0, 0.05) is 28.6 Å². The highest BCUT2D eigenvalue weighted by molar-refractivity contribution is 7.99. The van der Waals surface area contributed by atoms with Crippen molar-refractivity contribution >= 4 is 39.4 Å². The molecule has 0 spiro atoms. The van der Waals surface area contributed by atoms with E-state index in [1.54, 1.807) is 18.5 Å². The number of fused-ring (bicyclic) bond motifs is 2. The molecule has 0 aliphatic rings. The number of nitriles is 1. The van der Waals surface area contributed by atoms with Crippen LogP contribution < -0.4 is 0 Å². The van der Waals surface area contributed by atoms with Crippen LogP contribution in [0.15, 0.2) is 66.0 Å². The SMILES string of the molecule is N#Cc1ccc(-n2c(SCC(=O)O)cc3cnccc32)c2ccccc12. The van der Waals surface area contributed by atoms with Crippen molar-refractivity contribution in [1.82, 2.24) is 9.55 Å². The van der Waals surface area contributed by atoms with Gasteiger partial charge in [0.1, 0.15) is 0 Å². The second-order valence-corrected chi connectivity index (χ2v) is 6.72. The molecule has 0 fully saturated rings. The van der Waals surface area contributed by atoms with Gasteiger partial charge in [0.05, 0.1) is 33.6 Å². The molecule has 4 aromatic rings. The van der Waals surface area contributed by atoms with Crippen molar-refractivity contribution in [2.24, 2.45) is 0 Å². The number of aliphatic carboxylic acids is 1. The quantitative estimate of drug-likeness (QED) is 0.552. The number of aromatic nitrogens is 2. The second-order valence-electron chi connectivity index (χ2n) is 5.72. The van der Waals surface area contributed by atoms with Crippen LogP contribution in [0.3, 0.4) is 0 Å². The zero-order valence-electron chi connectivity index (χ0n) is 13.6. The van der Waals surface area contributed by atoms with Crippen LogP contribution in [-0.2, 0) is 4.79 Å². The fourth-order valence-electron chi connectivity index (χ4n) is 3.10. The van der Waals surface area contributed by atoms with Crippen LogP contribution in [0.1, 0.15) is 5.56 Å². The molecule has 0 saturated carbocycles. The zero-order valence-corrected chi connectivity index (χ0v) is 14.4. The first-order valence-electron chi connectivity index (χ1n) is 7.91. The number of benzene rings is 2. The van der Waals surface area contributed by atoms with E-state index in [9.17, 15) is 10.1 Å². The molecule has 0 aliphatic heterocycles. The van der Waals surface area contributed by atoms with E-state index in [0.717, 1.165) is 32.4 Å². The standard InChI is InChI=1S/C20H13N3O2S/c21-10-13-5-6-18(16-4-2-1-3-15(13)16)23-17-7-8-22-11-14(17)9-19(23)26-12-20(24)25/h1-9,11H,12H2,(H,24,25). The molecule has 0 unspecified atom stereocenters. The number of pyridine rings is 1. The molecule has 5 nitrogen and oxygen atoms in total. The van der Waals surface area contributed by atoms with Crippen LogP contribution in [0.4, 0.5) is 0 Å². The van der Waals surface area contributed by atoms with Gasteiger partial charge >= 0.3 is 5.97 Å². The highest BCUT2D eigenvalue weighted by atomic mass is 32.2. The largest absolute Gasteiger partial charge is 0.481 e. The summed E-state index contributed by atoms with van der Waals surface area (Å²) in [5.74, 6) is -0.896. The van der Waals surface area contributed by atoms with Crippen molar-refractivity contribution in [3.63, 3.8) is 0 Å². The van der Waals surface area contributed by atoms with E-state index in [-0.39, 0.29) is 5.75 Å². The van der Waals surface area contributed by atoms with Crippen LogP contribution >= 0.6 is 11.8 Å². The summed E-state index contributed by atoms with van der Waals surface area (Å²) in [5.41, 5.74) is 2.47. The number of nitrogens with zero attached hydrogens (tertiary/aromatic N) is 3. The van der Waals surface area contributed by atoms with Crippen LogP contribution in [0.2, 0.25) is 0 Å². The molecular formula is C20H13N3O2S. The number of carboxylic acid groups (broad SMARTS) is 1. The van der Waals surface area contributed by atoms with Crippen LogP contribution in [-0.4, -0.2) is 26.4 Å². The smallest absolute Gasteiger partial charge is 0.313 e. The molecule has 1 N–H and O–H groups in total. The van der Waals surface area contributed by atoms with E-state index in [1.165, 1.54) is 11.8 Å². The molecule has 0 amide bonds. The highest BCUT2D eigenvalue weighted by Crippen LogP contribution is 2.34. The Bertz CT molecular complexity index is 1190. The lowest BCUT2D eigenvalue weighted by Crippen LogP contribution is -2.02. The molecule has 2 aromatic carbocycles. The van der Waals surface area contributed by atoms with Crippen molar-refractivity contribution in [2.45, 2.75) is 5.03 Å². The van der Waals surface area contributed by atoms with Gasteiger partial charge in [-0.15, -0.1) is 0 Å². The first-order valence-corrected chi connectivity index (χ1v) is 8.90. The minimum Gasteiger partial charge on any atom is -0.481 e. The summed E-state index contributed by atoms with van der Waals surface area (Å²) < 4.78 is 2.04. The predicted molar refractivity (Wildman–Crippen MR) is 102 cm³/mol. The Labute approximate surface area is 153 Å². The number of thioether (sulfide) groups is 1. The fourth-order valence-corrected chi connectivity index (χ4v) is 3.90. The zero-order chi connectivity index (χ0) is 18.1. The lowest BCUT2D eigenvalue weighted by molar-refractivity contribution is -0.133. The minimum atomic E-state index is -0.866. The molecule has 0 bridgehead atoms. The van der Waals surface area contributed by atoms with E-state index in [2.05, 4.69) is 11.1 Å². The van der Waals surface area contributed by atoms with Crippen molar-refractivity contribution < 1.29 is 9.90 Å². The number of hydrogen-bond donors (Lipinski definition) is 1. The Balaban J connectivity index is 2.03. The Morgan fingerprint density at radius 3 is 2.77 bits per heavy atom. The predicted octanol–water partition coefficient (Wildman–Crippen LogP) is 4.23. The third-order valence-corrected chi connectivity index (χ3v) is 5.16. The van der Waals surface area contributed by atoms with Gasteiger partial charge in [0.15, 0.2) is 0 Å². The molecule has 2 aromatic heterocycles. The van der Waals surface area contributed by atoms with E-state index in [1.807, 2.05) is 47.0 Å². The summed E-state index contributed by atoms with van der Waals surface area (Å²) in [5, 5.41) is 22.0. The first-order chi connectivity index (χ1) is 12.7. The summed E-state index contributed by atoms with van der Waals surface area (Å²) in [6.07, 6.45) is 3.48. The van der Waals surface area contributed by atoms with Gasteiger partial charge in [0.2, 0.25) is 0 Å². The van der Waals surface area contributed by atoms with Crippen LogP contribution in [0.5, 0.6) is 0 Å². The summed E-state index contributed by atoms with van der Waals surface area (Å²) in [6.45, 7) is 0. The lowest BCUT2D eigenvalue weighted by Gasteiger charge is -2.14. The molecule has 126 valence electrons. The van der Waals surface area contributed by atoms with Crippen LogP contribution in [0.25, 0.3) is 27.4 Å². The Morgan fingerprint density at radius 2 is 2.00 bits per heavy atom. The summed E-state index contributed by atoms with van der Waals surface area (Å²) in [7, 11) is 0. The van der Waals surface area contributed by atoms with Crippen molar-refractivity contribution in [1.29, 1.82) is 5.26 Å². The summed E-state index contributed by atoms with van der Waals surface area (Å²) >= 11 is 1.26. The molecule has 2 heterocycles. The van der Waals surface area contributed by atoms with Gasteiger partial charge in [-0.05, 0) is 24.3 Å². The maximum Gasteiger partial charge on any atom is 0.313 e. The third kappa shape index (κ3) is 2.68. The Hall–Kier alpha value is -3.30. The first kappa shape index (κ1) is 16.2. The van der Waals surface area contributed by atoms with Gasteiger partial charge in [-0.1, -0.05) is 36.0 Å². The molecule has 0 saturated heterocycles. The van der Waals surface area contributed by atoms with E-state index < -0.39 is 5.97 Å². The summed E-state index contributed by atoms with van der Waals surface area (Å²) in [6, 6.07) is 17.5. The molecule has 26 heavy (non-hydrogen) atoms. The van der Waals surface area contributed by atoms with Gasteiger partial charge in [0.25, 0.3) is 0 Å². The van der Waals surface area contributed by atoms with Gasteiger partial charge in [-0.3, -0.25) is 9.78 Å². The van der Waals surface area contributed by atoms with Gasteiger partial charge < -0.3 is 9.67 Å². The lowest BCUT2D eigenvalue weighted by atomic mass is 10.0. The monoisotopic (exact) mass is 359 g/mol. The van der Waals surface area contributed by atoms with Gasteiger partial charge in [-0.25, -0.2) is 0 Å². The van der Waals surface area contributed by atoms with Crippen LogP contribution in [0, 0.1) is 11.3 Å². The fraction of sp³-hybridized carbons (Fsp3) is 0.0500. The molecule has 0 aliphatic carbocycles. The van der Waals surface area contributed by atoms with E-state index in [4.69, 9.17) is 5.11 Å². The molecular weight excluding hydrogens is 346 g/mol. The maximum atomic E-state index is 11.1. The minimum absolute atomic E-state index is 0.0298. The molecule has 6 heteroatoms. The Morgan fingerprint density at radius 1 is 1.19 bits per heavy atom. The van der Waals surface area contributed by atoms with Crippen molar-refractivity contribution in [3.05, 3.63) is 66.5 Å². The highest BCUT2D eigenvalue weighted by Gasteiger charge is 2.15. The van der Waals surface area contributed by atoms with Gasteiger partial charge in [-0.2, -0.15) is 5.26 Å².